The van der Waals surface area contributed by atoms with Crippen molar-refractivity contribution in [2.24, 2.45) is 0 Å². The van der Waals surface area contributed by atoms with Crippen LogP contribution in [0.4, 0.5) is 0 Å². The van der Waals surface area contributed by atoms with Crippen LogP contribution >= 0.6 is 11.3 Å². The maximum atomic E-state index is 11.8. The first kappa shape index (κ1) is 14.2. The van der Waals surface area contributed by atoms with Gasteiger partial charge in [-0.1, -0.05) is 6.07 Å². The van der Waals surface area contributed by atoms with Crippen LogP contribution in [-0.4, -0.2) is 23.3 Å². The second-order valence-corrected chi connectivity index (χ2v) is 5.18. The predicted octanol–water partition coefficient (Wildman–Crippen LogP) is 1.75. The average molecular weight is 289 g/mol. The van der Waals surface area contributed by atoms with Crippen LogP contribution in [0.3, 0.4) is 0 Å². The van der Waals surface area contributed by atoms with Gasteiger partial charge in [0, 0.05) is 12.4 Å². The molecule has 0 aliphatic heterocycles. The summed E-state index contributed by atoms with van der Waals surface area (Å²) in [5.74, 6) is -0.453. The summed E-state index contributed by atoms with van der Waals surface area (Å²) in [4.78, 5) is 28.0. The van der Waals surface area contributed by atoms with Gasteiger partial charge in [-0.05, 0) is 36.1 Å². The van der Waals surface area contributed by atoms with Crippen LogP contribution in [0.1, 0.15) is 28.2 Å². The Hall–Kier alpha value is -2.21. The molecule has 0 saturated heterocycles. The molecule has 0 saturated carbocycles. The minimum absolute atomic E-state index is 0.0356. The maximum absolute atomic E-state index is 11.8. The van der Waals surface area contributed by atoms with Crippen LogP contribution in [0.15, 0.2) is 42.0 Å². The van der Waals surface area contributed by atoms with Gasteiger partial charge in [0.2, 0.25) is 5.91 Å². The lowest BCUT2D eigenvalue weighted by Crippen LogP contribution is -2.37. The van der Waals surface area contributed by atoms with Gasteiger partial charge in [-0.3, -0.25) is 14.6 Å². The summed E-state index contributed by atoms with van der Waals surface area (Å²) in [6.07, 6.45) is 3.35. The van der Waals surface area contributed by atoms with Crippen molar-refractivity contribution in [3.05, 3.63) is 52.5 Å². The third kappa shape index (κ3) is 3.89. The molecule has 0 aromatic carbocycles. The van der Waals surface area contributed by atoms with Crippen LogP contribution in [0, 0.1) is 0 Å². The largest absolute Gasteiger partial charge is 0.348 e. The number of amides is 2. The summed E-state index contributed by atoms with van der Waals surface area (Å²) >= 11 is 1.34. The van der Waals surface area contributed by atoms with Gasteiger partial charge < -0.3 is 10.6 Å². The van der Waals surface area contributed by atoms with Crippen LogP contribution in [0.5, 0.6) is 0 Å². The number of hydrogen-bond donors (Lipinski definition) is 2. The molecule has 104 valence electrons. The Morgan fingerprint density at radius 2 is 2.05 bits per heavy atom. The second-order valence-electron chi connectivity index (χ2n) is 4.23. The molecule has 1 atom stereocenters. The van der Waals surface area contributed by atoms with Crippen molar-refractivity contribution in [1.29, 1.82) is 0 Å². The molecule has 2 heterocycles. The molecule has 5 nitrogen and oxygen atoms in total. The molecule has 2 aromatic rings. The van der Waals surface area contributed by atoms with E-state index < -0.39 is 0 Å². The highest BCUT2D eigenvalue weighted by Crippen LogP contribution is 2.10. The Kier molecular flexibility index (Phi) is 4.84. The minimum Gasteiger partial charge on any atom is -0.348 e. The van der Waals surface area contributed by atoms with Crippen LogP contribution < -0.4 is 10.6 Å². The topological polar surface area (TPSA) is 71.1 Å². The first-order valence-corrected chi connectivity index (χ1v) is 7.06. The smallest absolute Gasteiger partial charge is 0.261 e. The van der Waals surface area contributed by atoms with Crippen molar-refractivity contribution < 1.29 is 9.59 Å². The lowest BCUT2D eigenvalue weighted by Gasteiger charge is -2.14. The van der Waals surface area contributed by atoms with Crippen molar-refractivity contribution in [1.82, 2.24) is 15.6 Å². The van der Waals surface area contributed by atoms with E-state index in [0.29, 0.717) is 4.88 Å². The van der Waals surface area contributed by atoms with Crippen LogP contribution in [-0.2, 0) is 4.79 Å². The van der Waals surface area contributed by atoms with Gasteiger partial charge in [0.25, 0.3) is 5.91 Å². The van der Waals surface area contributed by atoms with E-state index in [2.05, 4.69) is 15.6 Å². The summed E-state index contributed by atoms with van der Waals surface area (Å²) < 4.78 is 0. The third-order valence-corrected chi connectivity index (χ3v) is 3.61. The highest BCUT2D eigenvalue weighted by molar-refractivity contribution is 7.12. The number of thiophene rings is 1. The third-order valence-electron chi connectivity index (χ3n) is 2.74. The number of nitrogens with one attached hydrogen (secondary N) is 2. The van der Waals surface area contributed by atoms with E-state index >= 15 is 0 Å². The molecule has 0 bridgehead atoms. The molecule has 0 aliphatic rings. The van der Waals surface area contributed by atoms with E-state index in [0.717, 1.165) is 5.56 Å². The molecular formula is C14H15N3O2S. The number of nitrogens with zero attached hydrogens (tertiary/aromatic N) is 1. The van der Waals surface area contributed by atoms with Gasteiger partial charge in [-0.25, -0.2) is 0 Å². The maximum Gasteiger partial charge on any atom is 0.261 e. The van der Waals surface area contributed by atoms with Crippen molar-refractivity contribution >= 4 is 23.2 Å². The molecule has 0 spiro atoms. The number of pyridine rings is 1. The molecule has 6 heteroatoms. The number of rotatable bonds is 5. The summed E-state index contributed by atoms with van der Waals surface area (Å²) in [6.45, 7) is 1.85. The van der Waals surface area contributed by atoms with Gasteiger partial charge in [-0.15, -0.1) is 11.3 Å². The number of hydrogen-bond acceptors (Lipinski definition) is 4. The summed E-state index contributed by atoms with van der Waals surface area (Å²) in [5, 5.41) is 7.23. The molecule has 0 aliphatic carbocycles. The standard InChI is InChI=1S/C14H15N3O2S/c1-10(11-4-6-15-7-5-11)17-13(18)9-16-14(19)12-3-2-8-20-12/h2-8,10H,9H2,1H3,(H,16,19)(H,17,18). The number of aromatic nitrogens is 1. The lowest BCUT2D eigenvalue weighted by molar-refractivity contribution is -0.120. The van der Waals surface area contributed by atoms with E-state index in [1.165, 1.54) is 11.3 Å². The monoisotopic (exact) mass is 289 g/mol. The predicted molar refractivity (Wildman–Crippen MR) is 77.4 cm³/mol. The molecule has 0 radical (unpaired) electrons. The van der Waals surface area contributed by atoms with E-state index in [4.69, 9.17) is 0 Å². The number of carbonyl (C=O) groups is 2. The zero-order valence-electron chi connectivity index (χ0n) is 11.0. The van der Waals surface area contributed by atoms with Gasteiger partial charge in [0.1, 0.15) is 0 Å². The van der Waals surface area contributed by atoms with E-state index in [1.807, 2.05) is 24.4 Å². The Morgan fingerprint density at radius 3 is 2.70 bits per heavy atom. The Bertz CT molecular complexity index is 569. The average Bonchev–Trinajstić information content (AvgIpc) is 3.00. The molecule has 2 rings (SSSR count). The summed E-state index contributed by atoms with van der Waals surface area (Å²) in [5.41, 5.74) is 0.970. The van der Waals surface area contributed by atoms with E-state index in [9.17, 15) is 9.59 Å². The quantitative estimate of drug-likeness (QED) is 0.881. The molecule has 2 N–H and O–H groups in total. The second kappa shape index (κ2) is 6.81. The zero-order valence-corrected chi connectivity index (χ0v) is 11.8. The molecule has 2 aromatic heterocycles. The fourth-order valence-corrected chi connectivity index (χ4v) is 2.32. The lowest BCUT2D eigenvalue weighted by atomic mass is 10.1. The van der Waals surface area contributed by atoms with Gasteiger partial charge >= 0.3 is 0 Å². The Morgan fingerprint density at radius 1 is 1.30 bits per heavy atom. The molecule has 1 unspecified atom stereocenters. The molecule has 20 heavy (non-hydrogen) atoms. The highest BCUT2D eigenvalue weighted by Gasteiger charge is 2.11. The Balaban J connectivity index is 1.80. The van der Waals surface area contributed by atoms with Crippen molar-refractivity contribution in [2.75, 3.05) is 6.54 Å². The van der Waals surface area contributed by atoms with Gasteiger partial charge in [-0.2, -0.15) is 0 Å². The first-order chi connectivity index (χ1) is 9.66. The molecule has 0 fully saturated rings. The Labute approximate surface area is 121 Å². The summed E-state index contributed by atoms with van der Waals surface area (Å²) in [7, 11) is 0. The van der Waals surface area contributed by atoms with Crippen LogP contribution in [0.2, 0.25) is 0 Å². The van der Waals surface area contributed by atoms with Crippen molar-refractivity contribution in [2.45, 2.75) is 13.0 Å². The number of carbonyl (C=O) groups excluding carboxylic acids is 2. The minimum atomic E-state index is -0.230. The normalized spacial score (nSPS) is 11.7. The van der Waals surface area contributed by atoms with Gasteiger partial charge in [0.15, 0.2) is 0 Å². The van der Waals surface area contributed by atoms with Crippen molar-refractivity contribution in [3.8, 4) is 0 Å². The van der Waals surface area contributed by atoms with E-state index in [-0.39, 0.29) is 24.4 Å². The SMILES string of the molecule is CC(NC(=O)CNC(=O)c1cccs1)c1ccncc1. The van der Waals surface area contributed by atoms with Crippen LogP contribution in [0.25, 0.3) is 0 Å². The van der Waals surface area contributed by atoms with E-state index in [1.54, 1.807) is 24.5 Å². The summed E-state index contributed by atoms with van der Waals surface area (Å²) in [6, 6.07) is 7.08. The van der Waals surface area contributed by atoms with Gasteiger partial charge in [0.05, 0.1) is 17.5 Å². The highest BCUT2D eigenvalue weighted by atomic mass is 32.1. The van der Waals surface area contributed by atoms with Crippen molar-refractivity contribution in [3.63, 3.8) is 0 Å². The fraction of sp³-hybridized carbons (Fsp3) is 0.214. The fourth-order valence-electron chi connectivity index (χ4n) is 1.68. The molecule has 2 amide bonds. The molecular weight excluding hydrogens is 274 g/mol. The zero-order chi connectivity index (χ0) is 14.4. The first-order valence-electron chi connectivity index (χ1n) is 6.18.